The molecule has 4 heteroatoms. The van der Waals surface area contributed by atoms with Gasteiger partial charge in [0.15, 0.2) is 0 Å². The first-order valence-corrected chi connectivity index (χ1v) is 4.21. The van der Waals surface area contributed by atoms with Gasteiger partial charge in [-0.05, 0) is 30.2 Å². The van der Waals surface area contributed by atoms with E-state index >= 15 is 0 Å². The highest BCUT2D eigenvalue weighted by atomic mass is 35.5. The minimum Gasteiger partial charge on any atom is -0.297 e. The maximum atomic E-state index is 11.4. The number of aromatic amines is 1. The number of aromatic nitrogens is 2. The molecule has 0 atom stereocenters. The van der Waals surface area contributed by atoms with Crippen LogP contribution in [-0.4, -0.2) is 9.97 Å². The monoisotopic (exact) mass is 194 g/mol. The predicted molar refractivity (Wildman–Crippen MR) is 52.1 cm³/mol. The second kappa shape index (κ2) is 2.85. The lowest BCUT2D eigenvalue weighted by Crippen LogP contribution is -2.08. The maximum absolute atomic E-state index is 11.4. The van der Waals surface area contributed by atoms with Gasteiger partial charge in [0.2, 0.25) is 5.28 Å². The van der Waals surface area contributed by atoms with Crippen LogP contribution >= 0.6 is 11.6 Å². The fourth-order valence-corrected chi connectivity index (χ4v) is 1.45. The molecular formula is C9H7ClN2O. The van der Waals surface area contributed by atoms with Crippen LogP contribution in [0.1, 0.15) is 5.56 Å². The van der Waals surface area contributed by atoms with Crippen molar-refractivity contribution in [3.8, 4) is 0 Å². The predicted octanol–water partition coefficient (Wildman–Crippen LogP) is 1.88. The van der Waals surface area contributed by atoms with Gasteiger partial charge in [0.05, 0.1) is 10.9 Å². The van der Waals surface area contributed by atoms with Crippen LogP contribution in [0.25, 0.3) is 10.9 Å². The quantitative estimate of drug-likeness (QED) is 0.651. The van der Waals surface area contributed by atoms with Crippen molar-refractivity contribution in [3.63, 3.8) is 0 Å². The molecule has 0 saturated carbocycles. The zero-order chi connectivity index (χ0) is 9.42. The number of benzene rings is 1. The topological polar surface area (TPSA) is 45.8 Å². The summed E-state index contributed by atoms with van der Waals surface area (Å²) in [5.41, 5.74) is 1.42. The molecule has 3 nitrogen and oxygen atoms in total. The van der Waals surface area contributed by atoms with Crippen molar-refractivity contribution < 1.29 is 0 Å². The van der Waals surface area contributed by atoms with Gasteiger partial charge in [-0.15, -0.1) is 0 Å². The van der Waals surface area contributed by atoms with Gasteiger partial charge in [0.25, 0.3) is 5.56 Å². The van der Waals surface area contributed by atoms with E-state index in [-0.39, 0.29) is 10.8 Å². The van der Waals surface area contributed by atoms with E-state index in [4.69, 9.17) is 11.6 Å². The molecule has 2 aromatic rings. The third-order valence-electron chi connectivity index (χ3n) is 1.91. The second-order valence-electron chi connectivity index (χ2n) is 2.83. The van der Waals surface area contributed by atoms with E-state index in [2.05, 4.69) is 9.97 Å². The lowest BCUT2D eigenvalue weighted by Gasteiger charge is -1.99. The molecule has 0 amide bonds. The summed E-state index contributed by atoms with van der Waals surface area (Å²) in [6.45, 7) is 1.89. The number of nitrogens with zero attached hydrogens (tertiary/aromatic N) is 1. The van der Waals surface area contributed by atoms with Crippen molar-refractivity contribution in [1.82, 2.24) is 9.97 Å². The molecule has 2 rings (SSSR count). The van der Waals surface area contributed by atoms with Crippen LogP contribution in [-0.2, 0) is 0 Å². The van der Waals surface area contributed by atoms with Gasteiger partial charge in [0.1, 0.15) is 0 Å². The first kappa shape index (κ1) is 8.26. The average molecular weight is 195 g/mol. The molecule has 0 aliphatic carbocycles. The number of para-hydroxylation sites is 1. The molecule has 0 fully saturated rings. The molecule has 0 bridgehead atoms. The van der Waals surface area contributed by atoms with Crippen molar-refractivity contribution in [1.29, 1.82) is 0 Å². The van der Waals surface area contributed by atoms with Crippen LogP contribution in [0, 0.1) is 6.92 Å². The van der Waals surface area contributed by atoms with Crippen molar-refractivity contribution in [3.05, 3.63) is 39.4 Å². The molecular weight excluding hydrogens is 188 g/mol. The van der Waals surface area contributed by atoms with Crippen molar-refractivity contribution >= 4 is 22.5 Å². The normalized spacial score (nSPS) is 10.6. The Hall–Kier alpha value is -1.35. The van der Waals surface area contributed by atoms with E-state index in [0.717, 1.165) is 5.56 Å². The lowest BCUT2D eigenvalue weighted by molar-refractivity contribution is 1.16. The van der Waals surface area contributed by atoms with Gasteiger partial charge >= 0.3 is 0 Å². The maximum Gasteiger partial charge on any atom is 0.259 e. The molecule has 0 aliphatic rings. The van der Waals surface area contributed by atoms with Gasteiger partial charge in [-0.25, -0.2) is 4.98 Å². The fraction of sp³-hybridized carbons (Fsp3) is 0.111. The number of aryl methyl sites for hydroxylation is 1. The largest absolute Gasteiger partial charge is 0.297 e. The zero-order valence-electron chi connectivity index (χ0n) is 6.97. The molecule has 1 N–H and O–H groups in total. The molecule has 1 aromatic carbocycles. The summed E-state index contributed by atoms with van der Waals surface area (Å²) in [6.07, 6.45) is 0. The fourth-order valence-electron chi connectivity index (χ4n) is 1.28. The Morgan fingerprint density at radius 3 is 3.00 bits per heavy atom. The van der Waals surface area contributed by atoms with E-state index < -0.39 is 0 Å². The number of nitrogens with one attached hydrogen (secondary N) is 1. The number of rotatable bonds is 0. The van der Waals surface area contributed by atoms with Crippen molar-refractivity contribution in [2.24, 2.45) is 0 Å². The number of halogens is 1. The van der Waals surface area contributed by atoms with Crippen LogP contribution in [0.3, 0.4) is 0 Å². The van der Waals surface area contributed by atoms with Gasteiger partial charge in [0, 0.05) is 0 Å². The van der Waals surface area contributed by atoms with Crippen LogP contribution in [0.15, 0.2) is 23.0 Å². The number of fused-ring (bicyclic) bond motifs is 1. The summed E-state index contributed by atoms with van der Waals surface area (Å²) in [4.78, 5) is 17.9. The highest BCUT2D eigenvalue weighted by Gasteiger charge is 2.03. The molecule has 66 valence electrons. The molecule has 0 unspecified atom stereocenters. The standard InChI is InChI=1S/C9H7ClN2O/c1-5-3-2-4-6-7(5)11-9(10)12-8(6)13/h2-4H,1H3,(H,11,12,13). The third kappa shape index (κ3) is 1.31. The summed E-state index contributed by atoms with van der Waals surface area (Å²) in [5, 5.41) is 0.705. The second-order valence-corrected chi connectivity index (χ2v) is 3.19. The van der Waals surface area contributed by atoms with Gasteiger partial charge in [-0.3, -0.25) is 9.78 Å². The van der Waals surface area contributed by atoms with E-state index in [0.29, 0.717) is 10.9 Å². The Balaban J connectivity index is 3.03. The molecule has 1 aromatic heterocycles. The number of H-pyrrole nitrogens is 1. The van der Waals surface area contributed by atoms with Gasteiger partial charge < -0.3 is 0 Å². The summed E-state index contributed by atoms with van der Waals surface area (Å²) >= 11 is 5.63. The lowest BCUT2D eigenvalue weighted by atomic mass is 10.1. The highest BCUT2D eigenvalue weighted by Crippen LogP contribution is 2.12. The first-order chi connectivity index (χ1) is 6.18. The molecule has 13 heavy (non-hydrogen) atoms. The number of hydrogen-bond acceptors (Lipinski definition) is 2. The Kier molecular flexibility index (Phi) is 1.81. The zero-order valence-corrected chi connectivity index (χ0v) is 7.72. The minimum atomic E-state index is -0.196. The van der Waals surface area contributed by atoms with Crippen molar-refractivity contribution in [2.45, 2.75) is 6.92 Å². The Morgan fingerprint density at radius 2 is 2.23 bits per heavy atom. The van der Waals surface area contributed by atoms with Crippen LogP contribution in [0.5, 0.6) is 0 Å². The summed E-state index contributed by atoms with van der Waals surface area (Å²) in [5.74, 6) is 0. The minimum absolute atomic E-state index is 0.131. The van der Waals surface area contributed by atoms with E-state index in [1.54, 1.807) is 6.07 Å². The third-order valence-corrected chi connectivity index (χ3v) is 2.09. The Bertz CT molecular complexity index is 518. The van der Waals surface area contributed by atoms with E-state index in [1.165, 1.54) is 0 Å². The molecule has 0 spiro atoms. The van der Waals surface area contributed by atoms with Crippen molar-refractivity contribution in [2.75, 3.05) is 0 Å². The van der Waals surface area contributed by atoms with Crippen LogP contribution in [0.2, 0.25) is 5.28 Å². The summed E-state index contributed by atoms with van der Waals surface area (Å²) in [6, 6.07) is 5.44. The Labute approximate surface area is 79.4 Å². The van der Waals surface area contributed by atoms with Crippen LogP contribution < -0.4 is 5.56 Å². The molecule has 0 saturated heterocycles. The van der Waals surface area contributed by atoms with E-state index in [1.807, 2.05) is 19.1 Å². The van der Waals surface area contributed by atoms with Crippen LogP contribution in [0.4, 0.5) is 0 Å². The molecule has 0 radical (unpaired) electrons. The van der Waals surface area contributed by atoms with E-state index in [9.17, 15) is 4.79 Å². The molecule has 1 heterocycles. The first-order valence-electron chi connectivity index (χ1n) is 3.83. The Morgan fingerprint density at radius 1 is 1.46 bits per heavy atom. The average Bonchev–Trinajstić information content (AvgIpc) is 2.07. The smallest absolute Gasteiger partial charge is 0.259 e. The number of hydrogen-bond donors (Lipinski definition) is 1. The van der Waals surface area contributed by atoms with Gasteiger partial charge in [-0.1, -0.05) is 12.1 Å². The highest BCUT2D eigenvalue weighted by molar-refractivity contribution is 6.28. The molecule has 0 aliphatic heterocycles. The summed E-state index contributed by atoms with van der Waals surface area (Å²) in [7, 11) is 0. The van der Waals surface area contributed by atoms with Gasteiger partial charge in [-0.2, -0.15) is 0 Å². The SMILES string of the molecule is Cc1cccc2c(=O)[nH]c(Cl)nc12. The summed E-state index contributed by atoms with van der Waals surface area (Å²) < 4.78 is 0.